The lowest BCUT2D eigenvalue weighted by molar-refractivity contribution is -0.249. The van der Waals surface area contributed by atoms with Gasteiger partial charge in [-0.1, -0.05) is 0 Å². The molecule has 6 N–H and O–H groups in total. The molecule has 8 nitrogen and oxygen atoms in total. The molecule has 0 aliphatic carbocycles. The molecular formula is C10H18O8. The SMILES string of the molecule is C[C@]1(C(=O)O)C[C@@H](O)[C@@H](O)C([C@H](O)[C@H](O)CO)O1. The van der Waals surface area contributed by atoms with Gasteiger partial charge in [0.25, 0.3) is 0 Å². The molecule has 1 fully saturated rings. The molecule has 0 aromatic carbocycles. The second-order valence-corrected chi connectivity index (χ2v) is 4.62. The topological polar surface area (TPSA) is 148 Å². The lowest BCUT2D eigenvalue weighted by atomic mass is 9.86. The average molecular weight is 266 g/mol. The van der Waals surface area contributed by atoms with E-state index in [1.54, 1.807) is 0 Å². The summed E-state index contributed by atoms with van der Waals surface area (Å²) in [5.74, 6) is -1.36. The van der Waals surface area contributed by atoms with Crippen molar-refractivity contribution in [2.24, 2.45) is 0 Å². The van der Waals surface area contributed by atoms with Gasteiger partial charge < -0.3 is 35.4 Å². The number of aliphatic hydroxyl groups is 5. The van der Waals surface area contributed by atoms with E-state index in [0.717, 1.165) is 0 Å². The van der Waals surface area contributed by atoms with Gasteiger partial charge in [-0.15, -0.1) is 0 Å². The summed E-state index contributed by atoms with van der Waals surface area (Å²) in [6, 6.07) is 0. The predicted octanol–water partition coefficient (Wildman–Crippen LogP) is -2.95. The molecule has 1 saturated heterocycles. The van der Waals surface area contributed by atoms with Gasteiger partial charge in [-0.25, -0.2) is 4.79 Å². The maximum Gasteiger partial charge on any atom is 0.335 e. The molecular weight excluding hydrogens is 248 g/mol. The van der Waals surface area contributed by atoms with Crippen molar-refractivity contribution in [3.63, 3.8) is 0 Å². The molecule has 0 saturated carbocycles. The van der Waals surface area contributed by atoms with E-state index in [1.165, 1.54) is 6.92 Å². The van der Waals surface area contributed by atoms with E-state index in [1.807, 2.05) is 0 Å². The fourth-order valence-corrected chi connectivity index (χ4v) is 1.89. The van der Waals surface area contributed by atoms with E-state index in [2.05, 4.69) is 0 Å². The summed E-state index contributed by atoms with van der Waals surface area (Å²) in [5.41, 5.74) is -1.78. The van der Waals surface area contributed by atoms with Crippen LogP contribution in [-0.4, -0.2) is 79.3 Å². The highest BCUT2D eigenvalue weighted by Crippen LogP contribution is 2.31. The largest absolute Gasteiger partial charge is 0.479 e. The summed E-state index contributed by atoms with van der Waals surface area (Å²) in [6.45, 7) is 0.406. The van der Waals surface area contributed by atoms with Crippen molar-refractivity contribution in [1.29, 1.82) is 0 Å². The number of ether oxygens (including phenoxy) is 1. The van der Waals surface area contributed by atoms with Crippen molar-refractivity contribution in [2.75, 3.05) is 6.61 Å². The molecule has 18 heavy (non-hydrogen) atoms. The van der Waals surface area contributed by atoms with Gasteiger partial charge >= 0.3 is 5.97 Å². The lowest BCUT2D eigenvalue weighted by Crippen LogP contribution is -2.62. The number of carboxylic acids is 1. The van der Waals surface area contributed by atoms with Crippen molar-refractivity contribution in [3.05, 3.63) is 0 Å². The number of aliphatic carboxylic acids is 1. The van der Waals surface area contributed by atoms with Gasteiger partial charge in [0, 0.05) is 6.42 Å². The second kappa shape index (κ2) is 5.47. The molecule has 0 amide bonds. The first-order chi connectivity index (χ1) is 8.23. The Morgan fingerprint density at radius 2 is 2.00 bits per heavy atom. The Bertz CT molecular complexity index is 308. The maximum atomic E-state index is 11.0. The zero-order chi connectivity index (χ0) is 14.1. The Morgan fingerprint density at radius 3 is 2.44 bits per heavy atom. The van der Waals surface area contributed by atoms with Crippen molar-refractivity contribution >= 4 is 5.97 Å². The third kappa shape index (κ3) is 2.79. The number of aliphatic hydroxyl groups excluding tert-OH is 5. The lowest BCUT2D eigenvalue weighted by Gasteiger charge is -2.43. The fourth-order valence-electron chi connectivity index (χ4n) is 1.89. The summed E-state index contributed by atoms with van der Waals surface area (Å²) >= 11 is 0. The fraction of sp³-hybridized carbons (Fsp3) is 0.900. The third-order valence-corrected chi connectivity index (χ3v) is 3.10. The van der Waals surface area contributed by atoms with Crippen LogP contribution in [0, 0.1) is 0 Å². The molecule has 0 aromatic heterocycles. The molecule has 0 spiro atoms. The van der Waals surface area contributed by atoms with Gasteiger partial charge in [-0.2, -0.15) is 0 Å². The van der Waals surface area contributed by atoms with Crippen LogP contribution in [0.4, 0.5) is 0 Å². The van der Waals surface area contributed by atoms with Gasteiger partial charge in [0.1, 0.15) is 24.4 Å². The monoisotopic (exact) mass is 266 g/mol. The third-order valence-electron chi connectivity index (χ3n) is 3.10. The molecule has 106 valence electrons. The van der Waals surface area contributed by atoms with E-state index in [9.17, 15) is 25.2 Å². The van der Waals surface area contributed by atoms with E-state index in [4.69, 9.17) is 14.9 Å². The Hall–Kier alpha value is -0.770. The number of rotatable bonds is 4. The van der Waals surface area contributed by atoms with Crippen molar-refractivity contribution in [3.8, 4) is 0 Å². The summed E-state index contributed by atoms with van der Waals surface area (Å²) in [4.78, 5) is 11.0. The first-order valence-corrected chi connectivity index (χ1v) is 5.47. The highest BCUT2D eigenvalue weighted by atomic mass is 16.6. The number of hydrogen-bond donors (Lipinski definition) is 6. The minimum atomic E-state index is -1.78. The molecule has 6 atom stereocenters. The quantitative estimate of drug-likeness (QED) is 0.316. The Morgan fingerprint density at radius 1 is 1.44 bits per heavy atom. The van der Waals surface area contributed by atoms with Crippen LogP contribution < -0.4 is 0 Å². The van der Waals surface area contributed by atoms with Crippen LogP contribution in [0.25, 0.3) is 0 Å². The number of carboxylic acid groups (broad SMARTS) is 1. The Labute approximate surface area is 103 Å². The van der Waals surface area contributed by atoms with Crippen LogP contribution in [0.5, 0.6) is 0 Å². The summed E-state index contributed by atoms with van der Waals surface area (Å²) < 4.78 is 5.07. The summed E-state index contributed by atoms with van der Waals surface area (Å²) in [7, 11) is 0. The standard InChI is InChI=1S/C10H18O8/c1-10(9(16)17)2-4(12)6(14)8(18-10)7(15)5(13)3-11/h4-8,11-15H,2-3H2,1H3,(H,16,17)/t4-,5-,6-,7-,8?,10-/m1/s1. The van der Waals surface area contributed by atoms with Crippen molar-refractivity contribution in [1.82, 2.24) is 0 Å². The highest BCUT2D eigenvalue weighted by Gasteiger charge is 2.51. The zero-order valence-corrected chi connectivity index (χ0v) is 9.80. The summed E-state index contributed by atoms with van der Waals surface area (Å²) in [6.07, 6.45) is -8.12. The first-order valence-electron chi connectivity index (χ1n) is 5.47. The predicted molar refractivity (Wildman–Crippen MR) is 56.6 cm³/mol. The number of carbonyl (C=O) groups is 1. The van der Waals surface area contributed by atoms with Gasteiger partial charge in [0.15, 0.2) is 5.60 Å². The Kier molecular flexibility index (Phi) is 4.65. The number of hydrogen-bond acceptors (Lipinski definition) is 7. The molecule has 1 aliphatic heterocycles. The van der Waals surface area contributed by atoms with Gasteiger partial charge in [-0.3, -0.25) is 0 Å². The first kappa shape index (κ1) is 15.3. The van der Waals surface area contributed by atoms with Crippen LogP contribution in [-0.2, 0) is 9.53 Å². The van der Waals surface area contributed by atoms with Crippen LogP contribution in [0.1, 0.15) is 13.3 Å². The van der Waals surface area contributed by atoms with Gasteiger partial charge in [-0.05, 0) is 6.92 Å². The van der Waals surface area contributed by atoms with Gasteiger partial charge in [0.05, 0.1) is 12.7 Å². The van der Waals surface area contributed by atoms with Crippen LogP contribution in [0.3, 0.4) is 0 Å². The average Bonchev–Trinajstić information content (AvgIpc) is 2.31. The second-order valence-electron chi connectivity index (χ2n) is 4.62. The molecule has 0 radical (unpaired) electrons. The maximum absolute atomic E-state index is 11.0. The molecule has 8 heteroatoms. The van der Waals surface area contributed by atoms with Crippen LogP contribution >= 0.6 is 0 Å². The van der Waals surface area contributed by atoms with E-state index >= 15 is 0 Å². The Balaban J connectivity index is 2.92. The normalized spacial score (nSPS) is 40.2. The highest BCUT2D eigenvalue weighted by molar-refractivity contribution is 5.77. The molecule has 1 rings (SSSR count). The van der Waals surface area contributed by atoms with E-state index < -0.39 is 48.7 Å². The van der Waals surface area contributed by atoms with Crippen LogP contribution in [0.2, 0.25) is 0 Å². The molecule has 0 aromatic rings. The van der Waals surface area contributed by atoms with Gasteiger partial charge in [0.2, 0.25) is 0 Å². The van der Waals surface area contributed by atoms with Crippen molar-refractivity contribution in [2.45, 2.75) is 49.5 Å². The van der Waals surface area contributed by atoms with Crippen LogP contribution in [0.15, 0.2) is 0 Å². The molecule has 1 aliphatic rings. The smallest absolute Gasteiger partial charge is 0.335 e. The molecule has 1 unspecified atom stereocenters. The zero-order valence-electron chi connectivity index (χ0n) is 9.80. The van der Waals surface area contributed by atoms with Crippen molar-refractivity contribution < 1.29 is 40.2 Å². The minimum Gasteiger partial charge on any atom is -0.479 e. The van der Waals surface area contributed by atoms with E-state index in [0.29, 0.717) is 0 Å². The van der Waals surface area contributed by atoms with E-state index in [-0.39, 0.29) is 6.42 Å². The molecule has 0 bridgehead atoms. The molecule has 1 heterocycles. The minimum absolute atomic E-state index is 0.345. The summed E-state index contributed by atoms with van der Waals surface area (Å²) in [5, 5.41) is 55.8.